The van der Waals surface area contributed by atoms with Gasteiger partial charge in [-0.1, -0.05) is 19.9 Å². The standard InChI is InChI=1S/C16H19NO2/c1-11(2)12-9-13(14-7-5-6-8-17-14)16(19-4)10-15(12)18-3/h5-11H,1-4H3. The summed E-state index contributed by atoms with van der Waals surface area (Å²) in [5, 5.41) is 0. The largest absolute Gasteiger partial charge is 0.496 e. The van der Waals surface area contributed by atoms with E-state index in [0.717, 1.165) is 28.3 Å². The predicted molar refractivity (Wildman–Crippen MR) is 76.9 cm³/mol. The number of methoxy groups -OCH3 is 2. The Kier molecular flexibility index (Phi) is 4.05. The zero-order valence-electron chi connectivity index (χ0n) is 11.8. The smallest absolute Gasteiger partial charge is 0.131 e. The van der Waals surface area contributed by atoms with Crippen molar-refractivity contribution < 1.29 is 9.47 Å². The van der Waals surface area contributed by atoms with Gasteiger partial charge in [0.05, 0.1) is 19.9 Å². The first-order valence-corrected chi connectivity index (χ1v) is 6.34. The number of hydrogen-bond acceptors (Lipinski definition) is 3. The fourth-order valence-electron chi connectivity index (χ4n) is 2.10. The Hall–Kier alpha value is -2.03. The molecule has 2 aromatic rings. The third kappa shape index (κ3) is 2.70. The Morgan fingerprint density at radius 2 is 1.74 bits per heavy atom. The highest BCUT2D eigenvalue weighted by Gasteiger charge is 2.15. The van der Waals surface area contributed by atoms with Crippen LogP contribution in [0.5, 0.6) is 11.5 Å². The van der Waals surface area contributed by atoms with Crippen molar-refractivity contribution in [1.29, 1.82) is 0 Å². The van der Waals surface area contributed by atoms with Gasteiger partial charge < -0.3 is 9.47 Å². The molecule has 0 atom stereocenters. The van der Waals surface area contributed by atoms with Gasteiger partial charge in [0.25, 0.3) is 0 Å². The number of nitrogens with zero attached hydrogens (tertiary/aromatic N) is 1. The lowest BCUT2D eigenvalue weighted by molar-refractivity contribution is 0.390. The Morgan fingerprint density at radius 3 is 2.26 bits per heavy atom. The molecule has 0 fully saturated rings. The van der Waals surface area contributed by atoms with Crippen molar-refractivity contribution in [3.8, 4) is 22.8 Å². The SMILES string of the molecule is COc1cc(OC)c(C(C)C)cc1-c1ccccn1. The summed E-state index contributed by atoms with van der Waals surface area (Å²) in [6.07, 6.45) is 1.79. The Labute approximate surface area is 114 Å². The lowest BCUT2D eigenvalue weighted by Crippen LogP contribution is -1.98. The van der Waals surface area contributed by atoms with E-state index < -0.39 is 0 Å². The number of rotatable bonds is 4. The van der Waals surface area contributed by atoms with Gasteiger partial charge >= 0.3 is 0 Å². The van der Waals surface area contributed by atoms with Gasteiger partial charge in [0.2, 0.25) is 0 Å². The van der Waals surface area contributed by atoms with Gasteiger partial charge in [-0.05, 0) is 29.7 Å². The van der Waals surface area contributed by atoms with Gasteiger partial charge in [-0.3, -0.25) is 4.98 Å². The van der Waals surface area contributed by atoms with E-state index in [-0.39, 0.29) is 0 Å². The minimum Gasteiger partial charge on any atom is -0.496 e. The van der Waals surface area contributed by atoms with Crippen molar-refractivity contribution in [2.45, 2.75) is 19.8 Å². The first-order chi connectivity index (χ1) is 9.17. The summed E-state index contributed by atoms with van der Waals surface area (Å²) in [4.78, 5) is 4.39. The van der Waals surface area contributed by atoms with E-state index in [9.17, 15) is 0 Å². The highest BCUT2D eigenvalue weighted by molar-refractivity contribution is 5.70. The van der Waals surface area contributed by atoms with Crippen LogP contribution in [0.15, 0.2) is 36.5 Å². The second-order valence-corrected chi connectivity index (χ2v) is 4.66. The van der Waals surface area contributed by atoms with Crippen LogP contribution in [0.4, 0.5) is 0 Å². The molecule has 0 bridgehead atoms. The molecule has 0 aliphatic rings. The molecule has 0 aliphatic carbocycles. The zero-order chi connectivity index (χ0) is 13.8. The normalized spacial score (nSPS) is 10.6. The summed E-state index contributed by atoms with van der Waals surface area (Å²) < 4.78 is 10.9. The van der Waals surface area contributed by atoms with Crippen LogP contribution in [0.2, 0.25) is 0 Å². The molecule has 1 aromatic carbocycles. The molecule has 0 unspecified atom stereocenters. The Balaban J connectivity index is 2.63. The molecule has 19 heavy (non-hydrogen) atoms. The van der Waals surface area contributed by atoms with Gasteiger partial charge in [0.15, 0.2) is 0 Å². The van der Waals surface area contributed by atoms with Crippen LogP contribution >= 0.6 is 0 Å². The number of pyridine rings is 1. The van der Waals surface area contributed by atoms with Gasteiger partial charge in [0, 0.05) is 17.8 Å². The van der Waals surface area contributed by atoms with Crippen LogP contribution in [0.3, 0.4) is 0 Å². The number of hydrogen-bond donors (Lipinski definition) is 0. The first kappa shape index (κ1) is 13.4. The Morgan fingerprint density at radius 1 is 1.00 bits per heavy atom. The molecule has 0 saturated heterocycles. The first-order valence-electron chi connectivity index (χ1n) is 6.34. The maximum atomic E-state index is 5.46. The molecule has 2 rings (SSSR count). The number of benzene rings is 1. The summed E-state index contributed by atoms with van der Waals surface area (Å²) >= 11 is 0. The summed E-state index contributed by atoms with van der Waals surface area (Å²) in [7, 11) is 3.34. The van der Waals surface area contributed by atoms with Crippen molar-refractivity contribution in [1.82, 2.24) is 4.98 Å². The molecular weight excluding hydrogens is 238 g/mol. The van der Waals surface area contributed by atoms with Crippen molar-refractivity contribution in [3.63, 3.8) is 0 Å². The quantitative estimate of drug-likeness (QED) is 0.832. The van der Waals surface area contributed by atoms with Gasteiger partial charge in [-0.25, -0.2) is 0 Å². The third-order valence-corrected chi connectivity index (χ3v) is 3.11. The second-order valence-electron chi connectivity index (χ2n) is 4.66. The summed E-state index contributed by atoms with van der Waals surface area (Å²) in [5.41, 5.74) is 3.06. The van der Waals surface area contributed by atoms with Crippen LogP contribution in [-0.2, 0) is 0 Å². The molecule has 100 valence electrons. The number of ether oxygens (including phenoxy) is 2. The average Bonchev–Trinajstić information content (AvgIpc) is 2.46. The molecule has 1 aromatic heterocycles. The average molecular weight is 257 g/mol. The monoisotopic (exact) mass is 257 g/mol. The Bertz CT molecular complexity index is 550. The van der Waals surface area contributed by atoms with E-state index >= 15 is 0 Å². The van der Waals surface area contributed by atoms with Crippen LogP contribution in [0, 0.1) is 0 Å². The van der Waals surface area contributed by atoms with Crippen LogP contribution in [-0.4, -0.2) is 19.2 Å². The molecule has 0 N–H and O–H groups in total. The fraction of sp³-hybridized carbons (Fsp3) is 0.312. The minimum absolute atomic E-state index is 0.378. The fourth-order valence-corrected chi connectivity index (χ4v) is 2.10. The summed E-state index contributed by atoms with van der Waals surface area (Å²) in [5.74, 6) is 2.01. The molecule has 3 nitrogen and oxygen atoms in total. The third-order valence-electron chi connectivity index (χ3n) is 3.11. The van der Waals surface area contributed by atoms with E-state index in [1.54, 1.807) is 20.4 Å². The molecule has 0 radical (unpaired) electrons. The lowest BCUT2D eigenvalue weighted by Gasteiger charge is -2.16. The topological polar surface area (TPSA) is 31.4 Å². The van der Waals surface area contributed by atoms with E-state index in [4.69, 9.17) is 9.47 Å². The van der Waals surface area contributed by atoms with Gasteiger partial charge in [-0.2, -0.15) is 0 Å². The predicted octanol–water partition coefficient (Wildman–Crippen LogP) is 3.89. The van der Waals surface area contributed by atoms with Crippen molar-refractivity contribution in [3.05, 3.63) is 42.1 Å². The lowest BCUT2D eigenvalue weighted by atomic mass is 9.97. The van der Waals surface area contributed by atoms with Crippen molar-refractivity contribution in [2.24, 2.45) is 0 Å². The molecule has 3 heteroatoms. The van der Waals surface area contributed by atoms with Crippen molar-refractivity contribution >= 4 is 0 Å². The molecule has 0 spiro atoms. The summed E-state index contributed by atoms with van der Waals surface area (Å²) in [6.45, 7) is 4.29. The molecule has 0 amide bonds. The maximum Gasteiger partial charge on any atom is 0.131 e. The highest BCUT2D eigenvalue weighted by atomic mass is 16.5. The zero-order valence-corrected chi connectivity index (χ0v) is 11.8. The molecule has 0 aliphatic heterocycles. The molecule has 1 heterocycles. The van der Waals surface area contributed by atoms with E-state index in [2.05, 4.69) is 24.9 Å². The van der Waals surface area contributed by atoms with E-state index in [1.807, 2.05) is 24.3 Å². The van der Waals surface area contributed by atoms with E-state index in [0.29, 0.717) is 5.92 Å². The van der Waals surface area contributed by atoms with Crippen LogP contribution in [0.25, 0.3) is 11.3 Å². The second kappa shape index (κ2) is 5.74. The van der Waals surface area contributed by atoms with Gasteiger partial charge in [-0.15, -0.1) is 0 Å². The number of aromatic nitrogens is 1. The summed E-state index contributed by atoms with van der Waals surface area (Å²) in [6, 6.07) is 9.89. The van der Waals surface area contributed by atoms with Crippen molar-refractivity contribution in [2.75, 3.05) is 14.2 Å². The minimum atomic E-state index is 0.378. The van der Waals surface area contributed by atoms with Gasteiger partial charge in [0.1, 0.15) is 11.5 Å². The molecular formula is C16H19NO2. The maximum absolute atomic E-state index is 5.46. The van der Waals surface area contributed by atoms with Crippen LogP contribution in [0.1, 0.15) is 25.3 Å². The highest BCUT2D eigenvalue weighted by Crippen LogP contribution is 2.38. The van der Waals surface area contributed by atoms with E-state index in [1.165, 1.54) is 0 Å². The molecule has 0 saturated carbocycles. The van der Waals surface area contributed by atoms with Crippen LogP contribution < -0.4 is 9.47 Å².